The van der Waals surface area contributed by atoms with Crippen LogP contribution in [0.1, 0.15) is 13.3 Å². The van der Waals surface area contributed by atoms with E-state index in [0.29, 0.717) is 12.2 Å². The molecule has 1 saturated heterocycles. The Morgan fingerprint density at radius 3 is 2.78 bits per heavy atom. The van der Waals surface area contributed by atoms with Crippen molar-refractivity contribution in [3.63, 3.8) is 0 Å². The third kappa shape index (κ3) is 2.43. The van der Waals surface area contributed by atoms with Crippen molar-refractivity contribution in [1.29, 1.82) is 0 Å². The molecule has 98 valence electrons. The summed E-state index contributed by atoms with van der Waals surface area (Å²) >= 11 is 0. The van der Waals surface area contributed by atoms with Gasteiger partial charge in [0.2, 0.25) is 0 Å². The molecule has 1 N–H and O–H groups in total. The first-order valence-electron chi connectivity index (χ1n) is 6.04. The predicted octanol–water partition coefficient (Wildman–Crippen LogP) is 1.92. The summed E-state index contributed by atoms with van der Waals surface area (Å²) in [5, 5.41) is 14.1. The van der Waals surface area contributed by atoms with E-state index in [9.17, 15) is 14.5 Å². The lowest BCUT2D eigenvalue weighted by Crippen LogP contribution is -2.57. The summed E-state index contributed by atoms with van der Waals surface area (Å²) in [7, 11) is 0. The van der Waals surface area contributed by atoms with Crippen LogP contribution in [-0.2, 0) is 0 Å². The van der Waals surface area contributed by atoms with E-state index in [1.807, 2.05) is 11.8 Å². The fraction of sp³-hybridized carbons (Fsp3) is 0.500. The Bertz CT molecular complexity index is 449. The van der Waals surface area contributed by atoms with E-state index < -0.39 is 10.7 Å². The molecular formula is C12H16FN3O2. The number of nitrogens with one attached hydrogen (secondary N) is 1. The normalized spacial score (nSPS) is 15.2. The van der Waals surface area contributed by atoms with Crippen LogP contribution < -0.4 is 10.2 Å². The van der Waals surface area contributed by atoms with Gasteiger partial charge < -0.3 is 10.2 Å². The van der Waals surface area contributed by atoms with Crippen molar-refractivity contribution in [2.24, 2.45) is 0 Å². The Hall–Kier alpha value is -1.69. The zero-order valence-corrected chi connectivity index (χ0v) is 10.2. The van der Waals surface area contributed by atoms with Crippen molar-refractivity contribution in [1.82, 2.24) is 5.32 Å². The van der Waals surface area contributed by atoms with Crippen LogP contribution in [0.4, 0.5) is 15.8 Å². The van der Waals surface area contributed by atoms with E-state index in [-0.39, 0.29) is 11.7 Å². The van der Waals surface area contributed by atoms with Crippen molar-refractivity contribution in [2.45, 2.75) is 19.4 Å². The molecule has 0 bridgehead atoms. The molecule has 2 rings (SSSR count). The molecule has 6 heteroatoms. The maximum Gasteiger partial charge on any atom is 0.292 e. The van der Waals surface area contributed by atoms with Crippen LogP contribution in [0, 0.1) is 15.9 Å². The maximum atomic E-state index is 13.3. The Morgan fingerprint density at radius 2 is 2.28 bits per heavy atom. The minimum atomic E-state index is -0.455. The topological polar surface area (TPSA) is 58.4 Å². The van der Waals surface area contributed by atoms with Crippen molar-refractivity contribution in [2.75, 3.05) is 24.5 Å². The standard InChI is InChI=1S/C12H16FN3O2/c1-2-5-15(10-7-14-8-10)12-6-9(13)3-4-11(12)16(17)18/h3-4,6,10,14H,2,5,7-8H2,1H3. The minimum Gasteiger partial charge on any atom is -0.360 e. The Morgan fingerprint density at radius 1 is 1.56 bits per heavy atom. The summed E-state index contributed by atoms with van der Waals surface area (Å²) < 4.78 is 13.3. The van der Waals surface area contributed by atoms with Crippen molar-refractivity contribution in [3.05, 3.63) is 34.1 Å². The molecule has 0 aliphatic carbocycles. The molecule has 18 heavy (non-hydrogen) atoms. The minimum absolute atomic E-state index is 0.0308. The highest BCUT2D eigenvalue weighted by Gasteiger charge is 2.29. The molecular weight excluding hydrogens is 237 g/mol. The highest BCUT2D eigenvalue weighted by molar-refractivity contribution is 5.64. The summed E-state index contributed by atoms with van der Waals surface area (Å²) in [5.74, 6) is -0.441. The number of rotatable bonds is 5. The Labute approximate surface area is 105 Å². The molecule has 1 heterocycles. The summed E-state index contributed by atoms with van der Waals surface area (Å²) in [6.45, 7) is 4.27. The smallest absolute Gasteiger partial charge is 0.292 e. The highest BCUT2D eigenvalue weighted by atomic mass is 19.1. The molecule has 0 aromatic heterocycles. The monoisotopic (exact) mass is 253 g/mol. The molecule has 0 radical (unpaired) electrons. The van der Waals surface area contributed by atoms with Crippen LogP contribution in [0.3, 0.4) is 0 Å². The fourth-order valence-electron chi connectivity index (χ4n) is 2.12. The van der Waals surface area contributed by atoms with Crippen molar-refractivity contribution in [3.8, 4) is 0 Å². The average molecular weight is 253 g/mol. The fourth-order valence-corrected chi connectivity index (χ4v) is 2.12. The second kappa shape index (κ2) is 5.30. The van der Waals surface area contributed by atoms with Crippen LogP contribution in [0.5, 0.6) is 0 Å². The van der Waals surface area contributed by atoms with Gasteiger partial charge >= 0.3 is 0 Å². The predicted molar refractivity (Wildman–Crippen MR) is 67.3 cm³/mol. The number of halogens is 1. The van der Waals surface area contributed by atoms with Gasteiger partial charge in [0.1, 0.15) is 11.5 Å². The second-order valence-electron chi connectivity index (χ2n) is 4.40. The van der Waals surface area contributed by atoms with E-state index >= 15 is 0 Å². The highest BCUT2D eigenvalue weighted by Crippen LogP contribution is 2.31. The number of nitro benzene ring substituents is 1. The zero-order valence-electron chi connectivity index (χ0n) is 10.2. The van der Waals surface area contributed by atoms with Crippen molar-refractivity contribution >= 4 is 11.4 Å². The van der Waals surface area contributed by atoms with Crippen LogP contribution in [0.15, 0.2) is 18.2 Å². The van der Waals surface area contributed by atoms with E-state index in [2.05, 4.69) is 5.32 Å². The van der Waals surface area contributed by atoms with Gasteiger partial charge in [-0.25, -0.2) is 4.39 Å². The first kappa shape index (κ1) is 12.8. The van der Waals surface area contributed by atoms with Gasteiger partial charge in [-0.3, -0.25) is 10.1 Å². The molecule has 0 atom stereocenters. The number of hydrogen-bond donors (Lipinski definition) is 1. The van der Waals surface area contributed by atoms with Crippen LogP contribution in [-0.4, -0.2) is 30.6 Å². The lowest BCUT2D eigenvalue weighted by molar-refractivity contribution is -0.384. The Balaban J connectivity index is 2.37. The molecule has 0 unspecified atom stereocenters. The average Bonchev–Trinajstić information content (AvgIpc) is 2.25. The van der Waals surface area contributed by atoms with Gasteiger partial charge in [-0.05, 0) is 12.5 Å². The van der Waals surface area contributed by atoms with Gasteiger partial charge in [0, 0.05) is 31.8 Å². The van der Waals surface area contributed by atoms with E-state index in [1.165, 1.54) is 12.1 Å². The SMILES string of the molecule is CCCN(c1cc(F)ccc1[N+](=O)[O-])C1CNC1. The van der Waals surface area contributed by atoms with Gasteiger partial charge in [0.15, 0.2) is 0 Å². The van der Waals surface area contributed by atoms with Crippen LogP contribution >= 0.6 is 0 Å². The number of nitrogens with zero attached hydrogens (tertiary/aromatic N) is 2. The maximum absolute atomic E-state index is 13.3. The molecule has 0 saturated carbocycles. The van der Waals surface area contributed by atoms with E-state index in [0.717, 1.165) is 25.6 Å². The molecule has 0 amide bonds. The molecule has 1 fully saturated rings. The van der Waals surface area contributed by atoms with Crippen LogP contribution in [0.25, 0.3) is 0 Å². The third-order valence-corrected chi connectivity index (χ3v) is 3.11. The van der Waals surface area contributed by atoms with Gasteiger partial charge in [-0.2, -0.15) is 0 Å². The second-order valence-corrected chi connectivity index (χ2v) is 4.40. The zero-order chi connectivity index (χ0) is 13.1. The van der Waals surface area contributed by atoms with E-state index in [1.54, 1.807) is 0 Å². The lowest BCUT2D eigenvalue weighted by atomic mass is 10.1. The molecule has 0 spiro atoms. The Kier molecular flexibility index (Phi) is 3.76. The number of anilines is 1. The summed E-state index contributed by atoms with van der Waals surface area (Å²) in [6.07, 6.45) is 0.865. The molecule has 5 nitrogen and oxygen atoms in total. The van der Waals surface area contributed by atoms with Gasteiger partial charge in [-0.1, -0.05) is 6.92 Å². The van der Waals surface area contributed by atoms with Gasteiger partial charge in [0.25, 0.3) is 5.69 Å². The molecule has 1 aliphatic rings. The summed E-state index contributed by atoms with van der Waals surface area (Å²) in [4.78, 5) is 12.5. The molecule has 1 aromatic carbocycles. The quantitative estimate of drug-likeness (QED) is 0.643. The van der Waals surface area contributed by atoms with Gasteiger partial charge in [0.05, 0.1) is 11.0 Å². The first-order chi connectivity index (χ1) is 8.63. The van der Waals surface area contributed by atoms with Crippen LogP contribution in [0.2, 0.25) is 0 Å². The molecule has 1 aromatic rings. The number of nitro groups is 1. The number of benzene rings is 1. The van der Waals surface area contributed by atoms with E-state index in [4.69, 9.17) is 0 Å². The summed E-state index contributed by atoms with van der Waals surface area (Å²) in [5.41, 5.74) is 0.352. The largest absolute Gasteiger partial charge is 0.360 e. The first-order valence-corrected chi connectivity index (χ1v) is 6.04. The third-order valence-electron chi connectivity index (χ3n) is 3.11. The summed E-state index contributed by atoms with van der Waals surface area (Å²) in [6, 6.07) is 3.83. The van der Waals surface area contributed by atoms with Gasteiger partial charge in [-0.15, -0.1) is 0 Å². The number of hydrogen-bond acceptors (Lipinski definition) is 4. The van der Waals surface area contributed by atoms with Crippen molar-refractivity contribution < 1.29 is 9.31 Å². The molecule has 1 aliphatic heterocycles. The lowest BCUT2D eigenvalue weighted by Gasteiger charge is -2.39.